The van der Waals surface area contributed by atoms with Gasteiger partial charge in [0, 0.05) is 48.3 Å². The van der Waals surface area contributed by atoms with Crippen molar-refractivity contribution in [2.24, 2.45) is 0 Å². The van der Waals surface area contributed by atoms with Crippen LogP contribution in [0.2, 0.25) is 0 Å². The lowest BCUT2D eigenvalue weighted by atomic mass is 10.1. The van der Waals surface area contributed by atoms with E-state index in [1.165, 1.54) is 29.1 Å². The molecule has 0 N–H and O–H groups in total. The molecule has 0 aliphatic carbocycles. The van der Waals surface area contributed by atoms with Gasteiger partial charge in [0.15, 0.2) is 11.5 Å². The average molecular weight is 497 g/mol. The van der Waals surface area contributed by atoms with Crippen LogP contribution in [0.5, 0.6) is 17.2 Å². The van der Waals surface area contributed by atoms with E-state index in [2.05, 4.69) is 0 Å². The van der Waals surface area contributed by atoms with Crippen molar-refractivity contribution in [2.45, 2.75) is 19.6 Å². The largest absolute Gasteiger partial charge is 0.487 e. The number of fused-ring (bicyclic) bond motifs is 2. The molecule has 0 bridgehead atoms. The van der Waals surface area contributed by atoms with Crippen LogP contribution in [0.15, 0.2) is 46.6 Å². The van der Waals surface area contributed by atoms with Crippen LogP contribution in [0.3, 0.4) is 0 Å². The van der Waals surface area contributed by atoms with Gasteiger partial charge in [0.25, 0.3) is 11.5 Å². The van der Waals surface area contributed by atoms with E-state index in [9.17, 15) is 14.4 Å². The van der Waals surface area contributed by atoms with Crippen molar-refractivity contribution in [3.8, 4) is 17.2 Å². The number of thiophene rings is 1. The summed E-state index contributed by atoms with van der Waals surface area (Å²) < 4.78 is 23.6. The minimum Gasteiger partial charge on any atom is -0.487 e. The number of nitrogens with zero attached hydrogens (tertiary/aromatic N) is 2. The van der Waals surface area contributed by atoms with Crippen molar-refractivity contribution in [2.75, 3.05) is 33.4 Å². The van der Waals surface area contributed by atoms with Crippen molar-refractivity contribution in [1.82, 2.24) is 9.47 Å². The fraction of sp³-hybridized carbons (Fsp3) is 0.320. The molecule has 1 aromatic carbocycles. The lowest BCUT2D eigenvalue weighted by molar-refractivity contribution is 0.0592. The lowest BCUT2D eigenvalue weighted by Crippen LogP contribution is -2.34. The Morgan fingerprint density at radius 1 is 1.06 bits per heavy atom. The van der Waals surface area contributed by atoms with Crippen LogP contribution < -0.4 is 19.8 Å². The summed E-state index contributed by atoms with van der Waals surface area (Å²) in [5.74, 6) is 0.573. The number of hydrogen-bond acceptors (Lipinski definition) is 8. The van der Waals surface area contributed by atoms with Gasteiger partial charge in [-0.05, 0) is 29.6 Å². The SMILES string of the molecule is COC(=O)c1c(OCc2cccs2)cc(=O)n2c1CCN(C(=O)c1ccc3c(c1)OCCO3)CC2. The Balaban J connectivity index is 1.41. The maximum Gasteiger partial charge on any atom is 0.343 e. The van der Waals surface area contributed by atoms with Crippen molar-refractivity contribution < 1.29 is 28.5 Å². The third kappa shape index (κ3) is 4.61. The van der Waals surface area contributed by atoms with E-state index in [1.54, 1.807) is 23.1 Å². The number of benzene rings is 1. The fourth-order valence-corrected chi connectivity index (χ4v) is 4.91. The number of amides is 1. The summed E-state index contributed by atoms with van der Waals surface area (Å²) in [5, 5.41) is 1.93. The second kappa shape index (κ2) is 9.83. The Kier molecular flexibility index (Phi) is 6.45. The second-order valence-corrected chi connectivity index (χ2v) is 9.11. The molecule has 9 nitrogen and oxygen atoms in total. The first-order valence-corrected chi connectivity index (χ1v) is 12.1. The summed E-state index contributed by atoms with van der Waals surface area (Å²) in [4.78, 5) is 41.6. The molecule has 2 aliphatic rings. The van der Waals surface area contributed by atoms with Crippen LogP contribution in [0.4, 0.5) is 0 Å². The molecule has 0 unspecified atom stereocenters. The number of methoxy groups -OCH3 is 1. The van der Waals surface area contributed by atoms with Crippen LogP contribution in [0, 0.1) is 0 Å². The molecule has 35 heavy (non-hydrogen) atoms. The summed E-state index contributed by atoms with van der Waals surface area (Å²) in [6.07, 6.45) is 0.298. The average Bonchev–Trinajstić information content (AvgIpc) is 3.31. The number of carbonyl (C=O) groups excluding carboxylic acids is 2. The van der Waals surface area contributed by atoms with Crippen molar-refractivity contribution in [3.63, 3.8) is 0 Å². The number of aromatic nitrogens is 1. The van der Waals surface area contributed by atoms with Gasteiger partial charge in [-0.3, -0.25) is 9.59 Å². The van der Waals surface area contributed by atoms with Gasteiger partial charge < -0.3 is 28.4 Å². The molecule has 2 aliphatic heterocycles. The molecule has 0 saturated carbocycles. The highest BCUT2D eigenvalue weighted by atomic mass is 32.1. The highest BCUT2D eigenvalue weighted by molar-refractivity contribution is 7.09. The maximum absolute atomic E-state index is 13.3. The number of pyridine rings is 1. The van der Waals surface area contributed by atoms with Gasteiger partial charge in [-0.15, -0.1) is 11.3 Å². The van der Waals surface area contributed by atoms with Crippen LogP contribution in [0.1, 0.15) is 31.3 Å². The summed E-state index contributed by atoms with van der Waals surface area (Å²) in [6, 6.07) is 10.3. The smallest absolute Gasteiger partial charge is 0.343 e. The molecular formula is C25H24N2O7S. The zero-order chi connectivity index (χ0) is 24.4. The normalized spacial score (nSPS) is 14.6. The molecular weight excluding hydrogens is 472 g/mol. The predicted octanol–water partition coefficient (Wildman–Crippen LogP) is 2.75. The highest BCUT2D eigenvalue weighted by Gasteiger charge is 2.28. The Morgan fingerprint density at radius 3 is 2.66 bits per heavy atom. The van der Waals surface area contributed by atoms with Gasteiger partial charge in [-0.1, -0.05) is 6.07 Å². The first-order chi connectivity index (χ1) is 17.0. The highest BCUT2D eigenvalue weighted by Crippen LogP contribution is 2.31. The third-order valence-electron chi connectivity index (χ3n) is 6.01. The molecule has 0 saturated heterocycles. The monoisotopic (exact) mass is 496 g/mol. The van der Waals surface area contributed by atoms with Gasteiger partial charge in [-0.2, -0.15) is 0 Å². The molecule has 0 fully saturated rings. The Labute approximate surface area is 205 Å². The first-order valence-electron chi connectivity index (χ1n) is 11.2. The second-order valence-electron chi connectivity index (χ2n) is 8.08. The molecule has 0 radical (unpaired) electrons. The van der Waals surface area contributed by atoms with Crippen LogP contribution >= 0.6 is 11.3 Å². The maximum atomic E-state index is 13.3. The molecule has 182 valence electrons. The van der Waals surface area contributed by atoms with Crippen molar-refractivity contribution in [3.05, 3.63) is 73.8 Å². The molecule has 1 amide bonds. The minimum absolute atomic E-state index is 0.184. The van der Waals surface area contributed by atoms with Crippen molar-refractivity contribution >= 4 is 23.2 Å². The van der Waals surface area contributed by atoms with Crippen molar-refractivity contribution in [1.29, 1.82) is 0 Å². The predicted molar refractivity (Wildman–Crippen MR) is 128 cm³/mol. The zero-order valence-corrected chi connectivity index (χ0v) is 20.0. The summed E-state index contributed by atoms with van der Waals surface area (Å²) in [5.41, 5.74) is 0.906. The number of esters is 1. The summed E-state index contributed by atoms with van der Waals surface area (Å²) in [7, 11) is 1.29. The molecule has 2 aromatic heterocycles. The van der Waals surface area contributed by atoms with Crippen LogP contribution in [-0.2, 0) is 24.3 Å². The standard InChI is InChI=1S/C25H24N2O7S/c1-31-25(30)23-18-6-7-26(24(29)16-4-5-19-20(13-16)33-11-10-32-19)8-9-27(18)22(28)14-21(23)34-15-17-3-2-12-35-17/h2-5,12-14H,6-11,15H2,1H3. The van der Waals surface area contributed by atoms with Gasteiger partial charge in [0.05, 0.1) is 7.11 Å². The topological polar surface area (TPSA) is 96.3 Å². The van der Waals surface area contributed by atoms with Gasteiger partial charge in [0.1, 0.15) is 31.1 Å². The molecule has 0 atom stereocenters. The summed E-state index contributed by atoms with van der Waals surface area (Å²) >= 11 is 1.52. The van der Waals surface area contributed by atoms with E-state index >= 15 is 0 Å². The van der Waals surface area contributed by atoms with Crippen LogP contribution in [-0.4, -0.2) is 54.8 Å². The number of hydrogen-bond donors (Lipinski definition) is 0. The Morgan fingerprint density at radius 2 is 1.89 bits per heavy atom. The van der Waals surface area contributed by atoms with E-state index < -0.39 is 5.97 Å². The number of ether oxygens (including phenoxy) is 4. The van der Waals surface area contributed by atoms with E-state index in [1.807, 2.05) is 17.5 Å². The van der Waals surface area contributed by atoms with E-state index in [4.69, 9.17) is 18.9 Å². The molecule has 10 heteroatoms. The Hall–Kier alpha value is -3.79. The van der Waals surface area contributed by atoms with E-state index in [0.717, 1.165) is 4.88 Å². The fourth-order valence-electron chi connectivity index (χ4n) is 4.29. The zero-order valence-electron chi connectivity index (χ0n) is 19.2. The van der Waals surface area contributed by atoms with Gasteiger partial charge in [-0.25, -0.2) is 4.79 Å². The quantitative estimate of drug-likeness (QED) is 0.501. The Bertz CT molecular complexity index is 1320. The number of rotatable bonds is 5. The first kappa shape index (κ1) is 23.0. The third-order valence-corrected chi connectivity index (χ3v) is 6.86. The van der Waals surface area contributed by atoms with E-state index in [-0.39, 0.29) is 35.9 Å². The minimum atomic E-state index is -0.582. The summed E-state index contributed by atoms with van der Waals surface area (Å²) in [6.45, 7) is 2.03. The number of carbonyl (C=O) groups is 2. The molecule has 0 spiro atoms. The van der Waals surface area contributed by atoms with Gasteiger partial charge >= 0.3 is 5.97 Å². The van der Waals surface area contributed by atoms with Crippen LogP contribution in [0.25, 0.3) is 0 Å². The molecule has 4 heterocycles. The molecule has 3 aromatic rings. The van der Waals surface area contributed by atoms with Gasteiger partial charge in [0.2, 0.25) is 0 Å². The van der Waals surface area contributed by atoms with E-state index in [0.29, 0.717) is 55.5 Å². The lowest BCUT2D eigenvalue weighted by Gasteiger charge is -2.22. The molecule has 5 rings (SSSR count).